The first-order chi connectivity index (χ1) is 4.43. The zero-order chi connectivity index (χ0) is 6.53. The van der Waals surface area contributed by atoms with Gasteiger partial charge in [0.15, 0.2) is 0 Å². The van der Waals surface area contributed by atoms with Crippen molar-refractivity contribution in [1.82, 2.24) is 0 Å². The minimum Gasteiger partial charge on any atom is -1.00 e. The molecule has 0 saturated heterocycles. The van der Waals surface area contributed by atoms with Crippen molar-refractivity contribution in [3.05, 3.63) is 30.3 Å². The quantitative estimate of drug-likeness (QED) is 0.583. The predicted molar refractivity (Wildman–Crippen MR) is 45.6 cm³/mol. The van der Waals surface area contributed by atoms with Crippen molar-refractivity contribution < 1.29 is 7.59 Å². The summed E-state index contributed by atoms with van der Waals surface area (Å²) in [6.07, 6.45) is 0. The molecule has 1 rings (SSSR count). The predicted octanol–water partition coefficient (Wildman–Crippen LogP) is 1.93. The van der Waals surface area contributed by atoms with E-state index in [1.54, 1.807) is 0 Å². The summed E-state index contributed by atoms with van der Waals surface area (Å²) in [5, 5.41) is 0. The SMILES string of the molecule is CCOc1ccccc1.[H-].[H-].[Mg+2]. The molecule has 0 atom stereocenters. The molecule has 0 radical (unpaired) electrons. The first kappa shape index (κ1) is 9.79. The summed E-state index contributed by atoms with van der Waals surface area (Å²) in [4.78, 5) is 0. The number of hydrogen-bond acceptors (Lipinski definition) is 1. The fourth-order valence-corrected chi connectivity index (χ4v) is 0.683. The van der Waals surface area contributed by atoms with Crippen LogP contribution in [0.1, 0.15) is 9.78 Å². The van der Waals surface area contributed by atoms with Gasteiger partial charge in [-0.05, 0) is 19.1 Å². The zero-order valence-electron chi connectivity index (χ0n) is 8.21. The largest absolute Gasteiger partial charge is 2.00 e. The third kappa shape index (κ3) is 3.08. The van der Waals surface area contributed by atoms with Crippen LogP contribution in [0.15, 0.2) is 30.3 Å². The molecule has 0 unspecified atom stereocenters. The van der Waals surface area contributed by atoms with Crippen molar-refractivity contribution in [2.45, 2.75) is 6.92 Å². The molecule has 0 aliphatic heterocycles. The van der Waals surface area contributed by atoms with Crippen LogP contribution in [0.5, 0.6) is 5.75 Å². The maximum atomic E-state index is 5.21. The Kier molecular flexibility index (Phi) is 5.44. The van der Waals surface area contributed by atoms with E-state index in [0.717, 1.165) is 12.4 Å². The van der Waals surface area contributed by atoms with Gasteiger partial charge in [-0.1, -0.05) is 18.2 Å². The van der Waals surface area contributed by atoms with E-state index in [1.165, 1.54) is 0 Å². The third-order valence-corrected chi connectivity index (χ3v) is 1.05. The van der Waals surface area contributed by atoms with Crippen LogP contribution in [0.2, 0.25) is 0 Å². The minimum absolute atomic E-state index is 0. The van der Waals surface area contributed by atoms with Crippen molar-refractivity contribution in [2.75, 3.05) is 6.61 Å². The van der Waals surface area contributed by atoms with E-state index in [9.17, 15) is 0 Å². The molecule has 10 heavy (non-hydrogen) atoms. The second kappa shape index (κ2) is 5.56. The molecule has 0 saturated carbocycles. The molecule has 0 fully saturated rings. The van der Waals surface area contributed by atoms with Crippen LogP contribution >= 0.6 is 0 Å². The van der Waals surface area contributed by atoms with Gasteiger partial charge in [-0.3, -0.25) is 0 Å². The van der Waals surface area contributed by atoms with Crippen LogP contribution in [0, 0.1) is 0 Å². The molecule has 2 heteroatoms. The molecule has 0 spiro atoms. The molecule has 0 bridgehead atoms. The normalized spacial score (nSPS) is 8.10. The summed E-state index contributed by atoms with van der Waals surface area (Å²) in [7, 11) is 0. The Morgan fingerprint density at radius 1 is 1.30 bits per heavy atom. The Morgan fingerprint density at radius 3 is 2.40 bits per heavy atom. The molecule has 1 aromatic carbocycles. The summed E-state index contributed by atoms with van der Waals surface area (Å²) in [6.45, 7) is 2.72. The Hall–Kier alpha value is -0.214. The summed E-state index contributed by atoms with van der Waals surface area (Å²) < 4.78 is 5.21. The van der Waals surface area contributed by atoms with Gasteiger partial charge in [0.2, 0.25) is 0 Å². The van der Waals surface area contributed by atoms with Gasteiger partial charge in [-0.15, -0.1) is 0 Å². The van der Waals surface area contributed by atoms with Gasteiger partial charge < -0.3 is 7.59 Å². The Morgan fingerprint density at radius 2 is 1.90 bits per heavy atom. The van der Waals surface area contributed by atoms with E-state index >= 15 is 0 Å². The van der Waals surface area contributed by atoms with Gasteiger partial charge in [0, 0.05) is 0 Å². The van der Waals surface area contributed by atoms with Crippen LogP contribution in [-0.4, -0.2) is 29.7 Å². The van der Waals surface area contributed by atoms with Gasteiger partial charge in [0.05, 0.1) is 6.61 Å². The summed E-state index contributed by atoms with van der Waals surface area (Å²) >= 11 is 0. The maximum absolute atomic E-state index is 5.21. The Balaban J connectivity index is -0.000000270. The van der Waals surface area contributed by atoms with Gasteiger partial charge in [0.25, 0.3) is 0 Å². The number of ether oxygens (including phenoxy) is 1. The van der Waals surface area contributed by atoms with E-state index in [4.69, 9.17) is 4.74 Å². The number of benzene rings is 1. The molecule has 0 heterocycles. The monoisotopic (exact) mass is 148 g/mol. The summed E-state index contributed by atoms with van der Waals surface area (Å²) in [5.74, 6) is 0.944. The van der Waals surface area contributed by atoms with Crippen LogP contribution < -0.4 is 4.74 Å². The van der Waals surface area contributed by atoms with Gasteiger partial charge >= 0.3 is 23.1 Å². The Bertz CT molecular complexity index is 170. The van der Waals surface area contributed by atoms with E-state index in [1.807, 2.05) is 37.3 Å². The zero-order valence-corrected chi connectivity index (χ0v) is 7.62. The number of rotatable bonds is 2. The molecular formula is C8H12MgO. The molecule has 0 aliphatic rings. The van der Waals surface area contributed by atoms with Crippen molar-refractivity contribution in [1.29, 1.82) is 0 Å². The second-order valence-electron chi connectivity index (χ2n) is 1.75. The van der Waals surface area contributed by atoms with Crippen molar-refractivity contribution in [3.63, 3.8) is 0 Å². The molecule has 0 N–H and O–H groups in total. The van der Waals surface area contributed by atoms with Crippen LogP contribution in [0.3, 0.4) is 0 Å². The van der Waals surface area contributed by atoms with Crippen LogP contribution in [-0.2, 0) is 0 Å². The molecule has 0 aromatic heterocycles. The van der Waals surface area contributed by atoms with E-state index in [0.29, 0.717) is 0 Å². The summed E-state index contributed by atoms with van der Waals surface area (Å²) in [5.41, 5.74) is 0. The first-order valence-corrected chi connectivity index (χ1v) is 3.11. The summed E-state index contributed by atoms with van der Waals surface area (Å²) in [6, 6.07) is 9.80. The number of hydrogen-bond donors (Lipinski definition) is 0. The van der Waals surface area contributed by atoms with Crippen molar-refractivity contribution in [3.8, 4) is 5.75 Å². The topological polar surface area (TPSA) is 9.23 Å². The van der Waals surface area contributed by atoms with E-state index < -0.39 is 0 Å². The number of para-hydroxylation sites is 1. The molecule has 52 valence electrons. The van der Waals surface area contributed by atoms with E-state index in [-0.39, 0.29) is 25.9 Å². The fourth-order valence-electron chi connectivity index (χ4n) is 0.683. The first-order valence-electron chi connectivity index (χ1n) is 3.11. The average molecular weight is 148 g/mol. The molecular weight excluding hydrogens is 136 g/mol. The van der Waals surface area contributed by atoms with E-state index in [2.05, 4.69) is 0 Å². The van der Waals surface area contributed by atoms with Crippen molar-refractivity contribution in [2.24, 2.45) is 0 Å². The van der Waals surface area contributed by atoms with Gasteiger partial charge in [-0.25, -0.2) is 0 Å². The fraction of sp³-hybridized carbons (Fsp3) is 0.250. The average Bonchev–Trinajstić information content (AvgIpc) is 1.91. The molecule has 1 nitrogen and oxygen atoms in total. The smallest absolute Gasteiger partial charge is 1.00 e. The van der Waals surface area contributed by atoms with Gasteiger partial charge in [-0.2, -0.15) is 0 Å². The Labute approximate surface area is 80.5 Å². The minimum atomic E-state index is 0. The molecule has 1 aromatic rings. The van der Waals surface area contributed by atoms with Crippen LogP contribution in [0.25, 0.3) is 0 Å². The molecule has 0 amide bonds. The van der Waals surface area contributed by atoms with Gasteiger partial charge in [0.1, 0.15) is 5.75 Å². The van der Waals surface area contributed by atoms with Crippen LogP contribution in [0.4, 0.5) is 0 Å². The second-order valence-corrected chi connectivity index (χ2v) is 1.75. The third-order valence-electron chi connectivity index (χ3n) is 1.05. The van der Waals surface area contributed by atoms with Crippen molar-refractivity contribution >= 4 is 23.1 Å². The standard InChI is InChI=1S/C8H10O.Mg.2H/c1-2-9-8-6-4-3-5-7-8;;;/h3-7H,2H2,1H3;;;/q;+2;2*-1. The molecule has 0 aliphatic carbocycles. The maximum Gasteiger partial charge on any atom is 2.00 e.